The van der Waals surface area contributed by atoms with Crippen LogP contribution in [0.4, 0.5) is 4.39 Å². The van der Waals surface area contributed by atoms with Crippen LogP contribution in [0.5, 0.6) is 0 Å². The number of amides is 2. The van der Waals surface area contributed by atoms with Gasteiger partial charge in [-0.1, -0.05) is 25.1 Å². The van der Waals surface area contributed by atoms with E-state index < -0.39 is 35.2 Å². The second-order valence-corrected chi connectivity index (χ2v) is 6.75. The molecular weight excluding hydrogens is 339 g/mol. The maximum Gasteiger partial charge on any atom is 0.368 e. The molecule has 6 nitrogen and oxygen atoms in total. The molecule has 0 saturated carbocycles. The summed E-state index contributed by atoms with van der Waals surface area (Å²) in [5.74, 6) is -3.29. The van der Waals surface area contributed by atoms with Gasteiger partial charge in [0.05, 0.1) is 6.61 Å². The van der Waals surface area contributed by atoms with Crippen LogP contribution in [0.3, 0.4) is 0 Å². The van der Waals surface area contributed by atoms with Crippen LogP contribution in [-0.4, -0.2) is 41.4 Å². The number of hydrogen-bond donors (Lipinski definition) is 1. The van der Waals surface area contributed by atoms with Crippen LogP contribution < -0.4 is 5.32 Å². The summed E-state index contributed by atoms with van der Waals surface area (Å²) in [7, 11) is 0. The van der Waals surface area contributed by atoms with Gasteiger partial charge in [-0.15, -0.1) is 0 Å². The summed E-state index contributed by atoms with van der Waals surface area (Å²) >= 11 is 0. The number of fused-ring (bicyclic) bond motifs is 1. The van der Waals surface area contributed by atoms with Crippen molar-refractivity contribution in [2.24, 2.45) is 11.8 Å². The van der Waals surface area contributed by atoms with Gasteiger partial charge in [-0.25, -0.2) is 9.18 Å². The van der Waals surface area contributed by atoms with Crippen molar-refractivity contribution in [3.05, 3.63) is 35.6 Å². The van der Waals surface area contributed by atoms with Crippen LogP contribution in [0.2, 0.25) is 0 Å². The Balaban J connectivity index is 2.15. The molecule has 0 bridgehead atoms. The third-order valence-electron chi connectivity index (χ3n) is 5.68. The number of hydrogen-bond acceptors (Lipinski definition) is 4. The molecule has 2 saturated heterocycles. The van der Waals surface area contributed by atoms with E-state index in [9.17, 15) is 18.8 Å². The number of carbonyl (C=O) groups excluding carboxylic acids is 3. The first kappa shape index (κ1) is 18.5. The number of likely N-dealkylation sites (tertiary alicyclic amines) is 1. The zero-order valence-electron chi connectivity index (χ0n) is 15.2. The number of carbonyl (C=O) groups is 3. The zero-order chi connectivity index (χ0) is 19.1. The highest BCUT2D eigenvalue weighted by molar-refractivity contribution is 6.08. The smallest absolute Gasteiger partial charge is 0.368 e. The highest BCUT2D eigenvalue weighted by Crippen LogP contribution is 2.46. The fraction of sp³-hybridized carbons (Fsp3) is 0.526. The second kappa shape index (κ2) is 6.79. The van der Waals surface area contributed by atoms with E-state index >= 15 is 0 Å². The highest BCUT2D eigenvalue weighted by Gasteiger charge is 2.71. The van der Waals surface area contributed by atoms with E-state index in [2.05, 4.69) is 0 Å². The van der Waals surface area contributed by atoms with Crippen LogP contribution in [0.15, 0.2) is 24.3 Å². The molecule has 2 aliphatic rings. The number of nitrogens with two attached hydrogens (primary N) is 1. The molecule has 3 rings (SSSR count). The summed E-state index contributed by atoms with van der Waals surface area (Å²) in [6, 6.07) is 5.56. The van der Waals surface area contributed by atoms with Gasteiger partial charge < -0.3 is 10.1 Å². The molecule has 2 amide bonds. The van der Waals surface area contributed by atoms with Crippen molar-refractivity contribution in [3.8, 4) is 0 Å². The predicted molar refractivity (Wildman–Crippen MR) is 90.1 cm³/mol. The minimum Gasteiger partial charge on any atom is -0.461 e. The molecule has 2 fully saturated rings. The molecule has 0 spiro atoms. The van der Waals surface area contributed by atoms with E-state index in [1.165, 1.54) is 11.0 Å². The Kier molecular flexibility index (Phi) is 4.84. The molecular formula is C19H24FN2O4+. The van der Waals surface area contributed by atoms with Crippen LogP contribution in [0.1, 0.15) is 38.8 Å². The average molecular weight is 363 g/mol. The number of imide groups is 1. The van der Waals surface area contributed by atoms with E-state index in [1.54, 1.807) is 44.3 Å². The summed E-state index contributed by atoms with van der Waals surface area (Å²) < 4.78 is 19.7. The van der Waals surface area contributed by atoms with Crippen LogP contribution >= 0.6 is 0 Å². The molecule has 1 aromatic carbocycles. The molecule has 2 N–H and O–H groups in total. The highest BCUT2D eigenvalue weighted by atomic mass is 19.1. The third kappa shape index (κ3) is 2.45. The molecule has 7 heteroatoms. The Morgan fingerprint density at radius 3 is 2.50 bits per heavy atom. The summed E-state index contributed by atoms with van der Waals surface area (Å²) in [6.07, 6.45) is 0.314. The van der Waals surface area contributed by atoms with Crippen molar-refractivity contribution in [3.63, 3.8) is 0 Å². The van der Waals surface area contributed by atoms with E-state index in [-0.39, 0.29) is 25.0 Å². The molecule has 140 valence electrons. The van der Waals surface area contributed by atoms with Gasteiger partial charge in [0.25, 0.3) is 0 Å². The Labute approximate surface area is 151 Å². The summed E-state index contributed by atoms with van der Waals surface area (Å²) in [5, 5.41) is 1.68. The number of quaternary nitrogens is 1. The first-order chi connectivity index (χ1) is 12.4. The van der Waals surface area contributed by atoms with Crippen molar-refractivity contribution < 1.29 is 28.8 Å². The van der Waals surface area contributed by atoms with Gasteiger partial charge in [-0.05, 0) is 19.9 Å². The van der Waals surface area contributed by atoms with E-state index in [0.29, 0.717) is 12.0 Å². The number of esters is 1. The summed E-state index contributed by atoms with van der Waals surface area (Å²) in [6.45, 7) is 5.62. The Morgan fingerprint density at radius 2 is 1.92 bits per heavy atom. The molecule has 26 heavy (non-hydrogen) atoms. The topological polar surface area (TPSA) is 80.3 Å². The normalized spacial score (nSPS) is 30.6. The number of nitrogens with zero attached hydrogens (tertiary/aromatic N) is 1. The van der Waals surface area contributed by atoms with E-state index in [1.807, 2.05) is 0 Å². The lowest BCUT2D eigenvalue weighted by atomic mass is 9.78. The predicted octanol–water partition coefficient (Wildman–Crippen LogP) is 0.777. The van der Waals surface area contributed by atoms with Gasteiger partial charge in [0, 0.05) is 18.5 Å². The maximum absolute atomic E-state index is 14.5. The number of benzene rings is 1. The second-order valence-electron chi connectivity index (χ2n) is 6.75. The molecule has 4 atom stereocenters. The lowest BCUT2D eigenvalue weighted by molar-refractivity contribution is -0.734. The van der Waals surface area contributed by atoms with Gasteiger partial charge in [0.15, 0.2) is 0 Å². The van der Waals surface area contributed by atoms with Gasteiger partial charge >= 0.3 is 5.97 Å². The number of rotatable bonds is 5. The first-order valence-electron chi connectivity index (χ1n) is 9.05. The lowest BCUT2D eigenvalue weighted by Crippen LogP contribution is -2.98. The van der Waals surface area contributed by atoms with Crippen molar-refractivity contribution in [1.82, 2.24) is 4.90 Å². The van der Waals surface area contributed by atoms with Gasteiger partial charge in [-0.2, -0.15) is 0 Å². The molecule has 0 unspecified atom stereocenters. The number of ether oxygens (including phenoxy) is 1. The molecule has 1 aromatic rings. The third-order valence-corrected chi connectivity index (χ3v) is 5.68. The molecule has 0 radical (unpaired) electrons. The van der Waals surface area contributed by atoms with E-state index in [0.717, 1.165) is 0 Å². The van der Waals surface area contributed by atoms with Crippen LogP contribution in [-0.2, 0) is 19.1 Å². The van der Waals surface area contributed by atoms with E-state index in [4.69, 9.17) is 4.74 Å². The van der Waals surface area contributed by atoms with Crippen molar-refractivity contribution >= 4 is 17.8 Å². The SMILES string of the molecule is CCOC(=O)[C@]1(CC)[NH2+][C@@H](c2ccccc2F)[C@H]2C(=O)N(CC)C(=O)[C@@H]21. The Bertz CT molecular complexity index is 753. The molecule has 0 aliphatic carbocycles. The van der Waals surface area contributed by atoms with Crippen molar-refractivity contribution in [2.45, 2.75) is 38.8 Å². The Morgan fingerprint density at radius 1 is 1.23 bits per heavy atom. The zero-order valence-corrected chi connectivity index (χ0v) is 15.2. The molecule has 2 heterocycles. The summed E-state index contributed by atoms with van der Waals surface area (Å²) in [5.41, 5.74) is -0.883. The van der Waals surface area contributed by atoms with Gasteiger partial charge in [0.1, 0.15) is 23.7 Å². The van der Waals surface area contributed by atoms with Gasteiger partial charge in [0.2, 0.25) is 17.4 Å². The average Bonchev–Trinajstić information content (AvgIpc) is 3.10. The van der Waals surface area contributed by atoms with Crippen molar-refractivity contribution in [2.75, 3.05) is 13.2 Å². The summed E-state index contributed by atoms with van der Waals surface area (Å²) in [4.78, 5) is 39.9. The standard InChI is InChI=1S/C19H23FN2O4/c1-4-19(18(25)26-6-3)14-13(16(23)22(5-2)17(14)24)15(21-19)11-9-7-8-10-12(11)20/h7-10,13-15,21H,4-6H2,1-3H3/p+1/t13-,14+,15-,19+/m0/s1. The molecule has 2 aliphatic heterocycles. The Hall–Kier alpha value is -2.28. The van der Waals surface area contributed by atoms with Gasteiger partial charge in [-0.3, -0.25) is 14.5 Å². The lowest BCUT2D eigenvalue weighted by Gasteiger charge is -2.28. The molecule has 0 aromatic heterocycles. The quantitative estimate of drug-likeness (QED) is 0.619. The minimum absolute atomic E-state index is 0.176. The van der Waals surface area contributed by atoms with Crippen LogP contribution in [0, 0.1) is 17.7 Å². The van der Waals surface area contributed by atoms with Crippen molar-refractivity contribution in [1.29, 1.82) is 0 Å². The maximum atomic E-state index is 14.5. The fourth-order valence-electron chi connectivity index (χ4n) is 4.46. The fourth-order valence-corrected chi connectivity index (χ4v) is 4.46. The monoisotopic (exact) mass is 363 g/mol. The minimum atomic E-state index is -1.22. The largest absolute Gasteiger partial charge is 0.461 e. The van der Waals surface area contributed by atoms with Crippen LogP contribution in [0.25, 0.3) is 0 Å². The first-order valence-corrected chi connectivity index (χ1v) is 9.05. The number of halogens is 1.